The van der Waals surface area contributed by atoms with Crippen molar-refractivity contribution in [3.8, 4) is 5.75 Å². The van der Waals surface area contributed by atoms with Gasteiger partial charge in [-0.25, -0.2) is 0 Å². The normalized spacial score (nSPS) is 46.6. The Morgan fingerprint density at radius 1 is 1.00 bits per heavy atom. The summed E-state index contributed by atoms with van der Waals surface area (Å²) in [7, 11) is 0. The molecule has 4 saturated carbocycles. The smallest absolute Gasteiger partial charge is 0.152 e. The van der Waals surface area contributed by atoms with Gasteiger partial charge >= 0.3 is 0 Å². The van der Waals surface area contributed by atoms with Crippen molar-refractivity contribution in [2.45, 2.75) is 76.1 Å². The van der Waals surface area contributed by atoms with E-state index in [0.717, 1.165) is 47.8 Å². The largest absolute Gasteiger partial charge is 0.490 e. The maximum Gasteiger partial charge on any atom is 0.152 e. The first-order valence-electron chi connectivity index (χ1n) is 11.4. The van der Waals surface area contributed by atoms with Crippen molar-refractivity contribution >= 4 is 33.3 Å². The Bertz CT molecular complexity index is 795. The summed E-state index contributed by atoms with van der Waals surface area (Å²) in [4.78, 5) is 13.0. The van der Waals surface area contributed by atoms with Crippen LogP contribution in [0.4, 0.5) is 0 Å². The van der Waals surface area contributed by atoms with Crippen molar-refractivity contribution in [1.82, 2.24) is 0 Å². The quantitative estimate of drug-likeness (QED) is 0.424. The zero-order valence-corrected chi connectivity index (χ0v) is 19.8. The molecule has 4 heteroatoms. The van der Waals surface area contributed by atoms with Gasteiger partial charge in [0.1, 0.15) is 5.75 Å². The number of carbonyl (C=O) groups excluding carboxylic acids is 1. The van der Waals surface area contributed by atoms with E-state index in [0.29, 0.717) is 23.2 Å². The van der Waals surface area contributed by atoms with Crippen LogP contribution >= 0.6 is 27.5 Å². The molecular formula is C25H32BrClO2. The van der Waals surface area contributed by atoms with Crippen LogP contribution in [-0.2, 0) is 4.79 Å². The molecule has 0 radical (unpaired) electrons. The van der Waals surface area contributed by atoms with Crippen LogP contribution in [-0.4, -0.2) is 16.7 Å². The number of hydrogen-bond donors (Lipinski definition) is 0. The van der Waals surface area contributed by atoms with E-state index in [2.05, 4.69) is 29.8 Å². The van der Waals surface area contributed by atoms with Crippen molar-refractivity contribution in [2.24, 2.45) is 34.5 Å². The van der Waals surface area contributed by atoms with Gasteiger partial charge in [-0.2, -0.15) is 0 Å². The van der Waals surface area contributed by atoms with E-state index in [-0.39, 0.29) is 10.2 Å². The molecular weight excluding hydrogens is 448 g/mol. The number of hydrogen-bond acceptors (Lipinski definition) is 2. The number of benzene rings is 1. The zero-order chi connectivity index (χ0) is 20.4. The first kappa shape index (κ1) is 20.4. The molecule has 0 N–H and O–H groups in total. The Labute approximate surface area is 188 Å². The van der Waals surface area contributed by atoms with Crippen molar-refractivity contribution < 1.29 is 9.53 Å². The zero-order valence-electron chi connectivity index (χ0n) is 17.5. The van der Waals surface area contributed by atoms with Crippen LogP contribution in [0, 0.1) is 34.5 Å². The fraction of sp³-hybridized carbons (Fsp3) is 0.720. The fourth-order valence-electron chi connectivity index (χ4n) is 7.78. The van der Waals surface area contributed by atoms with Crippen molar-refractivity contribution in [3.05, 3.63) is 29.3 Å². The minimum atomic E-state index is -0.0760. The monoisotopic (exact) mass is 478 g/mol. The Morgan fingerprint density at radius 3 is 2.52 bits per heavy atom. The number of halogens is 2. The molecule has 0 heterocycles. The van der Waals surface area contributed by atoms with Crippen LogP contribution in [0.15, 0.2) is 24.3 Å². The van der Waals surface area contributed by atoms with E-state index in [4.69, 9.17) is 16.3 Å². The molecule has 0 amide bonds. The predicted molar refractivity (Wildman–Crippen MR) is 121 cm³/mol. The number of ketones is 1. The molecule has 4 aliphatic carbocycles. The molecule has 1 aromatic carbocycles. The maximum atomic E-state index is 12.9. The molecule has 0 spiro atoms. The summed E-state index contributed by atoms with van der Waals surface area (Å²) in [5, 5.41) is 0.757. The van der Waals surface area contributed by atoms with Gasteiger partial charge in [0.2, 0.25) is 0 Å². The van der Waals surface area contributed by atoms with Crippen LogP contribution in [0.2, 0.25) is 5.02 Å². The summed E-state index contributed by atoms with van der Waals surface area (Å²) >= 11 is 9.71. The highest BCUT2D eigenvalue weighted by Gasteiger charge is 2.62. The van der Waals surface area contributed by atoms with Gasteiger partial charge in [-0.1, -0.05) is 41.4 Å². The lowest BCUT2D eigenvalue weighted by atomic mass is 9.45. The van der Waals surface area contributed by atoms with Crippen molar-refractivity contribution in [2.75, 3.05) is 0 Å². The second kappa shape index (κ2) is 7.26. The molecule has 29 heavy (non-hydrogen) atoms. The summed E-state index contributed by atoms with van der Waals surface area (Å²) < 4.78 is 6.34. The number of Topliss-reactive ketones (excluding diaryl/α,β-unsaturated/α-hetero) is 1. The van der Waals surface area contributed by atoms with Gasteiger partial charge in [0.05, 0.1) is 10.9 Å². The first-order chi connectivity index (χ1) is 13.8. The van der Waals surface area contributed by atoms with Gasteiger partial charge < -0.3 is 4.74 Å². The third-order valence-electron chi connectivity index (χ3n) is 9.43. The number of rotatable bonds is 2. The first-order valence-corrected chi connectivity index (χ1v) is 12.7. The maximum absolute atomic E-state index is 12.9. The fourth-order valence-corrected chi connectivity index (χ4v) is 8.83. The molecule has 2 nitrogen and oxygen atoms in total. The summed E-state index contributed by atoms with van der Waals surface area (Å²) in [6, 6.07) is 7.80. The van der Waals surface area contributed by atoms with Crippen LogP contribution in [0.1, 0.15) is 65.2 Å². The van der Waals surface area contributed by atoms with Gasteiger partial charge in [-0.3, -0.25) is 4.79 Å². The third kappa shape index (κ3) is 3.21. The second-order valence-corrected chi connectivity index (χ2v) is 12.2. The SMILES string of the molecule is C[C@]12CCC(Oc3ccc(Cl)cc3)CC1CC[C@@H]1[C@@H]2CC[C@]2(C)C(=O)C(Br)C[C@@H]12. The van der Waals surface area contributed by atoms with E-state index in [1.807, 2.05) is 24.3 Å². The van der Waals surface area contributed by atoms with Gasteiger partial charge in [0.25, 0.3) is 0 Å². The molecule has 8 atom stereocenters. The minimum Gasteiger partial charge on any atom is -0.490 e. The summed E-state index contributed by atoms with van der Waals surface area (Å²) in [6.07, 6.45) is 9.86. The molecule has 158 valence electrons. The molecule has 3 unspecified atom stereocenters. The Kier molecular flexibility index (Phi) is 5.10. The molecule has 5 rings (SSSR count). The molecule has 4 fully saturated rings. The topological polar surface area (TPSA) is 26.3 Å². The van der Waals surface area contributed by atoms with Crippen molar-refractivity contribution in [1.29, 1.82) is 0 Å². The van der Waals surface area contributed by atoms with Gasteiger partial charge in [0, 0.05) is 10.4 Å². The number of fused-ring (bicyclic) bond motifs is 5. The van der Waals surface area contributed by atoms with Crippen LogP contribution in [0.5, 0.6) is 5.75 Å². The van der Waals surface area contributed by atoms with E-state index < -0.39 is 0 Å². The van der Waals surface area contributed by atoms with Gasteiger partial charge in [0.15, 0.2) is 5.78 Å². The predicted octanol–water partition coefficient (Wildman–Crippen LogP) is 7.07. The van der Waals surface area contributed by atoms with Gasteiger partial charge in [-0.05, 0) is 105 Å². The molecule has 0 bridgehead atoms. The molecule has 4 aliphatic rings. The van der Waals surface area contributed by atoms with Crippen LogP contribution in [0.3, 0.4) is 0 Å². The number of ether oxygens (including phenoxy) is 1. The minimum absolute atomic E-state index is 0.0760. The lowest BCUT2D eigenvalue weighted by molar-refractivity contribution is -0.141. The highest BCUT2D eigenvalue weighted by Crippen LogP contribution is 2.66. The average Bonchev–Trinajstić information content (AvgIpc) is 2.94. The Hall–Kier alpha value is -0.540. The molecule has 1 aromatic rings. The lowest BCUT2D eigenvalue weighted by Gasteiger charge is -2.60. The summed E-state index contributed by atoms with van der Waals surface area (Å²) in [6.45, 7) is 4.83. The third-order valence-corrected chi connectivity index (χ3v) is 10.5. The van der Waals surface area contributed by atoms with Crippen LogP contribution in [0.25, 0.3) is 0 Å². The van der Waals surface area contributed by atoms with E-state index >= 15 is 0 Å². The van der Waals surface area contributed by atoms with Crippen molar-refractivity contribution in [3.63, 3.8) is 0 Å². The highest BCUT2D eigenvalue weighted by molar-refractivity contribution is 9.10. The summed E-state index contributed by atoms with van der Waals surface area (Å²) in [5.74, 6) is 4.26. The van der Waals surface area contributed by atoms with E-state index in [1.54, 1.807) is 0 Å². The van der Waals surface area contributed by atoms with E-state index in [9.17, 15) is 4.79 Å². The highest BCUT2D eigenvalue weighted by atomic mass is 79.9. The second-order valence-electron chi connectivity index (χ2n) is 10.6. The van der Waals surface area contributed by atoms with E-state index in [1.165, 1.54) is 32.1 Å². The average molecular weight is 480 g/mol. The molecule has 0 saturated heterocycles. The Balaban J connectivity index is 1.31. The standard InChI is InChI=1S/C25H32BrClO2/c1-24-11-9-18(29-17-6-4-16(27)5-7-17)13-15(24)3-8-19-20(24)10-12-25(2)21(19)14-22(26)23(25)28/h4-7,15,18-22H,3,8-14H2,1-2H3/t15?,18?,19-,20+,21+,22?,24+,25+/m1/s1. The number of carbonyl (C=O) groups is 1. The summed E-state index contributed by atoms with van der Waals surface area (Å²) in [5.41, 5.74) is 0.338. The molecule has 0 aromatic heterocycles. The van der Waals surface area contributed by atoms with Crippen LogP contribution < -0.4 is 4.74 Å². The molecule has 0 aliphatic heterocycles. The van der Waals surface area contributed by atoms with Gasteiger partial charge in [-0.15, -0.1) is 0 Å². The number of alkyl halides is 1. The Morgan fingerprint density at radius 2 is 1.76 bits per heavy atom. The lowest BCUT2D eigenvalue weighted by Crippen LogP contribution is -2.54.